The lowest BCUT2D eigenvalue weighted by atomic mass is 10.2. The van der Waals surface area contributed by atoms with Crippen LogP contribution in [0.1, 0.15) is 11.3 Å². The van der Waals surface area contributed by atoms with Crippen molar-refractivity contribution in [1.82, 2.24) is 19.9 Å². The number of pyridine rings is 1. The molecule has 0 amide bonds. The van der Waals surface area contributed by atoms with E-state index in [1.54, 1.807) is 4.90 Å². The van der Waals surface area contributed by atoms with Gasteiger partial charge >= 0.3 is 18.4 Å². The number of rotatable bonds is 5. The molecule has 14 heteroatoms. The number of aromatic nitrogens is 4. The molecule has 180 valence electrons. The Hall–Kier alpha value is -3.68. The smallest absolute Gasteiger partial charge is 0.405 e. The van der Waals surface area contributed by atoms with Crippen LogP contribution >= 0.6 is 0 Å². The van der Waals surface area contributed by atoms with Gasteiger partial charge < -0.3 is 19.7 Å². The predicted molar refractivity (Wildman–Crippen MR) is 107 cm³/mol. The van der Waals surface area contributed by atoms with Crippen LogP contribution in [0.2, 0.25) is 0 Å². The standard InChI is InChI=1S/C20H16F6N6O2/c21-19(22,23)12-3-1-4-13(11-12)27-16-29-17(32-7-9-33-10-8-32)31-18(30-16)34-15-6-2-5-14(28-15)20(24,25)26/h1-6,11H,7-10H2,(H,27,29,30,31). The molecule has 3 aromatic rings. The molecule has 0 spiro atoms. The van der Waals surface area contributed by atoms with Gasteiger partial charge in [0.25, 0.3) is 0 Å². The third-order valence-corrected chi connectivity index (χ3v) is 4.55. The van der Waals surface area contributed by atoms with Crippen molar-refractivity contribution < 1.29 is 35.8 Å². The molecule has 0 bridgehead atoms. The van der Waals surface area contributed by atoms with Crippen molar-refractivity contribution >= 4 is 17.6 Å². The van der Waals surface area contributed by atoms with Crippen molar-refractivity contribution in [2.75, 3.05) is 36.5 Å². The zero-order valence-corrected chi connectivity index (χ0v) is 17.2. The van der Waals surface area contributed by atoms with Gasteiger partial charge in [-0.15, -0.1) is 0 Å². The van der Waals surface area contributed by atoms with Gasteiger partial charge in [-0.2, -0.15) is 41.3 Å². The summed E-state index contributed by atoms with van der Waals surface area (Å²) in [5.41, 5.74) is -2.02. The lowest BCUT2D eigenvalue weighted by molar-refractivity contribution is -0.141. The molecule has 1 fully saturated rings. The lowest BCUT2D eigenvalue weighted by Crippen LogP contribution is -2.37. The summed E-state index contributed by atoms with van der Waals surface area (Å²) in [6.45, 7) is 1.59. The van der Waals surface area contributed by atoms with Crippen LogP contribution in [-0.4, -0.2) is 46.2 Å². The van der Waals surface area contributed by atoms with Gasteiger partial charge in [-0.25, -0.2) is 4.98 Å². The number of hydrogen-bond donors (Lipinski definition) is 1. The minimum absolute atomic E-state index is 0.0390. The van der Waals surface area contributed by atoms with E-state index in [1.165, 1.54) is 18.2 Å². The molecule has 1 aliphatic heterocycles. The molecule has 0 aliphatic carbocycles. The average molecular weight is 486 g/mol. The molecule has 3 heterocycles. The Morgan fingerprint density at radius 1 is 0.853 bits per heavy atom. The zero-order chi connectivity index (χ0) is 24.3. The fraction of sp³-hybridized carbons (Fsp3) is 0.300. The number of ether oxygens (including phenoxy) is 2. The lowest BCUT2D eigenvalue weighted by Gasteiger charge is -2.27. The Labute approximate surface area is 188 Å². The highest BCUT2D eigenvalue weighted by Crippen LogP contribution is 2.32. The van der Waals surface area contributed by atoms with Gasteiger partial charge in [-0.05, 0) is 24.3 Å². The number of anilines is 3. The van der Waals surface area contributed by atoms with E-state index in [0.29, 0.717) is 26.3 Å². The average Bonchev–Trinajstić information content (AvgIpc) is 2.79. The van der Waals surface area contributed by atoms with Crippen molar-refractivity contribution in [1.29, 1.82) is 0 Å². The second kappa shape index (κ2) is 9.29. The second-order valence-corrected chi connectivity index (χ2v) is 7.01. The third-order valence-electron chi connectivity index (χ3n) is 4.55. The molecule has 0 atom stereocenters. The van der Waals surface area contributed by atoms with Crippen LogP contribution < -0.4 is 15.0 Å². The molecule has 8 nitrogen and oxygen atoms in total. The highest BCUT2D eigenvalue weighted by Gasteiger charge is 2.33. The molecule has 0 unspecified atom stereocenters. The molecular formula is C20H16F6N6O2. The van der Waals surface area contributed by atoms with Crippen LogP contribution in [0.4, 0.5) is 43.9 Å². The van der Waals surface area contributed by atoms with Crippen molar-refractivity contribution in [3.63, 3.8) is 0 Å². The van der Waals surface area contributed by atoms with E-state index in [9.17, 15) is 26.3 Å². The van der Waals surface area contributed by atoms with Crippen molar-refractivity contribution in [2.45, 2.75) is 12.4 Å². The third kappa shape index (κ3) is 5.81. The van der Waals surface area contributed by atoms with Gasteiger partial charge in [-0.1, -0.05) is 12.1 Å². The summed E-state index contributed by atoms with van der Waals surface area (Å²) in [6.07, 6.45) is -9.24. The van der Waals surface area contributed by atoms with Crippen molar-refractivity contribution in [2.24, 2.45) is 0 Å². The van der Waals surface area contributed by atoms with Crippen LogP contribution in [0.3, 0.4) is 0 Å². The molecule has 4 rings (SSSR count). The van der Waals surface area contributed by atoms with E-state index in [1.807, 2.05) is 0 Å². The van der Waals surface area contributed by atoms with Gasteiger partial charge in [0.2, 0.25) is 17.8 Å². The number of morpholine rings is 1. The summed E-state index contributed by atoms with van der Waals surface area (Å²) in [4.78, 5) is 17.5. The first kappa shape index (κ1) is 23.5. The van der Waals surface area contributed by atoms with Crippen LogP contribution in [-0.2, 0) is 17.1 Å². The van der Waals surface area contributed by atoms with Crippen LogP contribution in [0.15, 0.2) is 42.5 Å². The summed E-state index contributed by atoms with van der Waals surface area (Å²) < 4.78 is 88.7. The Kier molecular flexibility index (Phi) is 6.41. The molecule has 1 aromatic carbocycles. The minimum atomic E-state index is -4.69. The number of alkyl halides is 6. The van der Waals surface area contributed by atoms with Gasteiger partial charge in [0.05, 0.1) is 18.8 Å². The molecule has 1 aliphatic rings. The maximum atomic E-state index is 13.0. The molecule has 2 aromatic heterocycles. The van der Waals surface area contributed by atoms with E-state index in [-0.39, 0.29) is 17.6 Å². The Morgan fingerprint density at radius 2 is 1.59 bits per heavy atom. The van der Waals surface area contributed by atoms with E-state index < -0.39 is 35.5 Å². The highest BCUT2D eigenvalue weighted by atomic mass is 19.4. The fourth-order valence-electron chi connectivity index (χ4n) is 2.98. The summed E-state index contributed by atoms with van der Waals surface area (Å²) in [5.74, 6) is -0.480. The minimum Gasteiger partial charge on any atom is -0.405 e. The largest absolute Gasteiger partial charge is 0.433 e. The molecule has 34 heavy (non-hydrogen) atoms. The van der Waals surface area contributed by atoms with Crippen LogP contribution in [0, 0.1) is 0 Å². The SMILES string of the molecule is FC(F)(F)c1cccc(Nc2nc(Oc3cccc(C(F)(F)F)n3)nc(N3CCOCC3)n2)c1. The van der Waals surface area contributed by atoms with E-state index in [4.69, 9.17) is 9.47 Å². The topological polar surface area (TPSA) is 85.3 Å². The number of hydrogen-bond acceptors (Lipinski definition) is 8. The highest BCUT2D eigenvalue weighted by molar-refractivity contribution is 5.56. The van der Waals surface area contributed by atoms with Gasteiger partial charge in [-0.3, -0.25) is 0 Å². The number of halogens is 6. The maximum absolute atomic E-state index is 13.0. The van der Waals surface area contributed by atoms with Gasteiger partial charge in [0.15, 0.2) is 0 Å². The molecule has 1 N–H and O–H groups in total. The second-order valence-electron chi connectivity index (χ2n) is 7.01. The number of benzene rings is 1. The quantitative estimate of drug-likeness (QED) is 0.521. The Balaban J connectivity index is 1.66. The monoisotopic (exact) mass is 486 g/mol. The van der Waals surface area contributed by atoms with E-state index in [0.717, 1.165) is 24.3 Å². The Bertz CT molecular complexity index is 1070. The normalized spacial score (nSPS) is 14.7. The summed E-state index contributed by atoms with van der Waals surface area (Å²) >= 11 is 0. The number of nitrogens with zero attached hydrogens (tertiary/aromatic N) is 5. The first-order valence-electron chi connectivity index (χ1n) is 9.83. The number of nitrogens with one attached hydrogen (secondary N) is 1. The van der Waals surface area contributed by atoms with Gasteiger partial charge in [0, 0.05) is 24.8 Å². The molecule has 1 saturated heterocycles. The molecular weight excluding hydrogens is 470 g/mol. The Morgan fingerprint density at radius 3 is 2.29 bits per heavy atom. The van der Waals surface area contributed by atoms with Crippen LogP contribution in [0.5, 0.6) is 11.9 Å². The summed E-state index contributed by atoms with van der Waals surface area (Å²) in [7, 11) is 0. The maximum Gasteiger partial charge on any atom is 0.433 e. The van der Waals surface area contributed by atoms with E-state index in [2.05, 4.69) is 25.3 Å². The van der Waals surface area contributed by atoms with E-state index >= 15 is 0 Å². The first-order chi connectivity index (χ1) is 16.1. The summed E-state index contributed by atoms with van der Waals surface area (Å²) in [5, 5.41) is 2.66. The van der Waals surface area contributed by atoms with Crippen LogP contribution in [0.25, 0.3) is 0 Å². The van der Waals surface area contributed by atoms with Crippen molar-refractivity contribution in [3.8, 4) is 11.9 Å². The fourth-order valence-corrected chi connectivity index (χ4v) is 2.98. The summed E-state index contributed by atoms with van der Waals surface area (Å²) in [6, 6.07) is 7.04. The zero-order valence-electron chi connectivity index (χ0n) is 17.2. The van der Waals surface area contributed by atoms with Crippen molar-refractivity contribution in [3.05, 3.63) is 53.7 Å². The molecule has 0 saturated carbocycles. The predicted octanol–water partition coefficient (Wildman–Crippen LogP) is 4.68. The first-order valence-corrected chi connectivity index (χ1v) is 9.83. The van der Waals surface area contributed by atoms with Gasteiger partial charge in [0.1, 0.15) is 5.69 Å². The molecule has 0 radical (unpaired) electrons.